The van der Waals surface area contributed by atoms with Crippen LogP contribution < -0.4 is 20.5 Å². The monoisotopic (exact) mass is 264 g/mol. The quantitative estimate of drug-likeness (QED) is 0.855. The maximum absolute atomic E-state index is 5.72. The molecule has 0 radical (unpaired) electrons. The molecule has 106 valence electrons. The van der Waals surface area contributed by atoms with Crippen LogP contribution in [0.15, 0.2) is 18.2 Å². The van der Waals surface area contributed by atoms with Gasteiger partial charge in [0.2, 0.25) is 0 Å². The Morgan fingerprint density at radius 3 is 2.58 bits per heavy atom. The largest absolute Gasteiger partial charge is 0.486 e. The first-order chi connectivity index (χ1) is 9.08. The lowest BCUT2D eigenvalue weighted by molar-refractivity contribution is 0.170. The van der Waals surface area contributed by atoms with E-state index in [9.17, 15) is 0 Å². The molecule has 4 heteroatoms. The van der Waals surface area contributed by atoms with E-state index in [4.69, 9.17) is 15.2 Å². The SMILES string of the molecule is CNC(c1ccc2c(c1)OCCO2)C(C)(C)CCN. The van der Waals surface area contributed by atoms with E-state index in [1.54, 1.807) is 0 Å². The van der Waals surface area contributed by atoms with Crippen molar-refractivity contribution in [3.63, 3.8) is 0 Å². The summed E-state index contributed by atoms with van der Waals surface area (Å²) in [5.41, 5.74) is 7.03. The third kappa shape index (κ3) is 3.01. The van der Waals surface area contributed by atoms with E-state index in [0.29, 0.717) is 19.8 Å². The van der Waals surface area contributed by atoms with Gasteiger partial charge in [0.05, 0.1) is 0 Å². The number of hydrogen-bond donors (Lipinski definition) is 2. The second kappa shape index (κ2) is 5.80. The van der Waals surface area contributed by atoms with E-state index < -0.39 is 0 Å². The number of nitrogens with two attached hydrogens (primary N) is 1. The predicted molar refractivity (Wildman–Crippen MR) is 76.7 cm³/mol. The molecule has 0 saturated carbocycles. The smallest absolute Gasteiger partial charge is 0.161 e. The number of ether oxygens (including phenoxy) is 2. The standard InChI is InChI=1S/C15H24N2O2/c1-15(2,6-7-16)14(17-3)11-4-5-12-13(10-11)19-9-8-18-12/h4-5,10,14,17H,6-9,16H2,1-3H3. The van der Waals surface area contributed by atoms with E-state index in [2.05, 4.69) is 31.3 Å². The zero-order chi connectivity index (χ0) is 13.9. The van der Waals surface area contributed by atoms with Crippen molar-refractivity contribution in [2.75, 3.05) is 26.8 Å². The molecule has 0 spiro atoms. The van der Waals surface area contributed by atoms with Crippen molar-refractivity contribution < 1.29 is 9.47 Å². The van der Waals surface area contributed by atoms with Crippen LogP contribution >= 0.6 is 0 Å². The van der Waals surface area contributed by atoms with Crippen molar-refractivity contribution in [3.05, 3.63) is 23.8 Å². The molecule has 1 atom stereocenters. The van der Waals surface area contributed by atoms with Crippen molar-refractivity contribution >= 4 is 0 Å². The fraction of sp³-hybridized carbons (Fsp3) is 0.600. The van der Waals surface area contributed by atoms with E-state index in [-0.39, 0.29) is 11.5 Å². The van der Waals surface area contributed by atoms with Gasteiger partial charge < -0.3 is 20.5 Å². The Kier molecular flexibility index (Phi) is 4.32. The molecule has 1 aliphatic rings. The summed E-state index contributed by atoms with van der Waals surface area (Å²) in [6.07, 6.45) is 0.965. The van der Waals surface area contributed by atoms with E-state index in [1.165, 1.54) is 5.56 Å². The zero-order valence-electron chi connectivity index (χ0n) is 12.0. The Balaban J connectivity index is 2.28. The van der Waals surface area contributed by atoms with Crippen molar-refractivity contribution in [3.8, 4) is 11.5 Å². The molecular formula is C15H24N2O2. The molecule has 1 unspecified atom stereocenters. The van der Waals surface area contributed by atoms with Crippen molar-refractivity contribution in [1.29, 1.82) is 0 Å². The summed E-state index contributed by atoms with van der Waals surface area (Å²) in [4.78, 5) is 0. The minimum Gasteiger partial charge on any atom is -0.486 e. The van der Waals surface area contributed by atoms with Crippen LogP contribution in [-0.2, 0) is 0 Å². The van der Waals surface area contributed by atoms with Crippen LogP contribution in [0.4, 0.5) is 0 Å². The first kappa shape index (κ1) is 14.2. The molecule has 4 nitrogen and oxygen atoms in total. The van der Waals surface area contributed by atoms with Gasteiger partial charge in [0.1, 0.15) is 13.2 Å². The van der Waals surface area contributed by atoms with Crippen molar-refractivity contribution in [2.45, 2.75) is 26.3 Å². The van der Waals surface area contributed by atoms with Crippen LogP contribution in [0.1, 0.15) is 31.9 Å². The number of hydrogen-bond acceptors (Lipinski definition) is 4. The van der Waals surface area contributed by atoms with E-state index in [0.717, 1.165) is 17.9 Å². The highest BCUT2D eigenvalue weighted by molar-refractivity contribution is 5.45. The average Bonchev–Trinajstić information content (AvgIpc) is 2.39. The lowest BCUT2D eigenvalue weighted by Crippen LogP contribution is -2.34. The van der Waals surface area contributed by atoms with Crippen LogP contribution in [0.25, 0.3) is 0 Å². The lowest BCUT2D eigenvalue weighted by atomic mass is 9.78. The maximum atomic E-state index is 5.72. The van der Waals surface area contributed by atoms with E-state index in [1.807, 2.05) is 13.1 Å². The van der Waals surface area contributed by atoms with Gasteiger partial charge in [0, 0.05) is 6.04 Å². The molecule has 1 aromatic rings. The molecule has 0 aromatic heterocycles. The maximum Gasteiger partial charge on any atom is 0.161 e. The van der Waals surface area contributed by atoms with Crippen LogP contribution in [0, 0.1) is 5.41 Å². The summed E-state index contributed by atoms with van der Waals surface area (Å²) in [5.74, 6) is 1.68. The third-order valence-corrected chi connectivity index (χ3v) is 3.76. The first-order valence-corrected chi connectivity index (χ1v) is 6.85. The van der Waals surface area contributed by atoms with Gasteiger partial charge in [-0.15, -0.1) is 0 Å². The molecular weight excluding hydrogens is 240 g/mol. The second-order valence-corrected chi connectivity index (χ2v) is 5.65. The first-order valence-electron chi connectivity index (χ1n) is 6.85. The predicted octanol–water partition coefficient (Wildman–Crippen LogP) is 2.09. The van der Waals surface area contributed by atoms with Gasteiger partial charge in [-0.05, 0) is 43.1 Å². The fourth-order valence-corrected chi connectivity index (χ4v) is 2.76. The zero-order valence-corrected chi connectivity index (χ0v) is 12.0. The molecule has 0 fully saturated rings. The van der Waals surface area contributed by atoms with Gasteiger partial charge in [-0.25, -0.2) is 0 Å². The third-order valence-electron chi connectivity index (χ3n) is 3.76. The van der Waals surface area contributed by atoms with Gasteiger partial charge in [-0.2, -0.15) is 0 Å². The highest BCUT2D eigenvalue weighted by Crippen LogP contribution is 2.39. The highest BCUT2D eigenvalue weighted by Gasteiger charge is 2.29. The summed E-state index contributed by atoms with van der Waals surface area (Å²) in [6, 6.07) is 6.42. The Morgan fingerprint density at radius 1 is 1.26 bits per heavy atom. The summed E-state index contributed by atoms with van der Waals surface area (Å²) in [5, 5.41) is 3.40. The second-order valence-electron chi connectivity index (χ2n) is 5.65. The molecule has 3 N–H and O–H groups in total. The Morgan fingerprint density at radius 2 is 1.95 bits per heavy atom. The van der Waals surface area contributed by atoms with Crippen LogP contribution in [0.2, 0.25) is 0 Å². The molecule has 2 rings (SSSR count). The number of nitrogens with one attached hydrogen (secondary N) is 1. The minimum atomic E-state index is 0.0905. The normalized spacial score (nSPS) is 16.2. The molecule has 0 amide bonds. The minimum absolute atomic E-state index is 0.0905. The fourth-order valence-electron chi connectivity index (χ4n) is 2.76. The van der Waals surface area contributed by atoms with Crippen LogP contribution in [-0.4, -0.2) is 26.8 Å². The molecule has 1 aliphatic heterocycles. The lowest BCUT2D eigenvalue weighted by Gasteiger charge is -2.35. The summed E-state index contributed by atoms with van der Waals surface area (Å²) in [6.45, 7) is 6.40. The summed E-state index contributed by atoms with van der Waals surface area (Å²) < 4.78 is 11.2. The van der Waals surface area contributed by atoms with Gasteiger partial charge in [0.15, 0.2) is 11.5 Å². The number of benzene rings is 1. The molecule has 0 aliphatic carbocycles. The number of fused-ring (bicyclic) bond motifs is 1. The Bertz CT molecular complexity index is 432. The van der Waals surface area contributed by atoms with Gasteiger partial charge in [-0.1, -0.05) is 19.9 Å². The molecule has 0 bridgehead atoms. The van der Waals surface area contributed by atoms with Crippen LogP contribution in [0.3, 0.4) is 0 Å². The summed E-state index contributed by atoms with van der Waals surface area (Å²) in [7, 11) is 1.99. The highest BCUT2D eigenvalue weighted by atomic mass is 16.6. The molecule has 0 saturated heterocycles. The Labute approximate surface area is 115 Å². The number of rotatable bonds is 5. The van der Waals surface area contributed by atoms with Crippen molar-refractivity contribution in [1.82, 2.24) is 5.32 Å². The summed E-state index contributed by atoms with van der Waals surface area (Å²) >= 11 is 0. The van der Waals surface area contributed by atoms with E-state index >= 15 is 0 Å². The molecule has 19 heavy (non-hydrogen) atoms. The van der Waals surface area contributed by atoms with Gasteiger partial charge >= 0.3 is 0 Å². The molecule has 1 aromatic carbocycles. The topological polar surface area (TPSA) is 56.5 Å². The van der Waals surface area contributed by atoms with Crippen molar-refractivity contribution in [2.24, 2.45) is 11.1 Å². The van der Waals surface area contributed by atoms with Gasteiger partial charge in [-0.3, -0.25) is 0 Å². The average molecular weight is 264 g/mol. The molecule has 1 heterocycles. The van der Waals surface area contributed by atoms with Crippen LogP contribution in [0.5, 0.6) is 11.5 Å². The Hall–Kier alpha value is -1.26. The van der Waals surface area contributed by atoms with Gasteiger partial charge in [0.25, 0.3) is 0 Å².